The quantitative estimate of drug-likeness (QED) is 0.339. The number of H-pyrrole nitrogens is 1. The Kier molecular flexibility index (Phi) is 7.69. The topological polar surface area (TPSA) is 139 Å². The first-order chi connectivity index (χ1) is 18.8. The molecular weight excluding hydrogens is 500 g/mol. The van der Waals surface area contributed by atoms with Crippen molar-refractivity contribution in [2.75, 3.05) is 19.7 Å². The zero-order chi connectivity index (χ0) is 27.7. The van der Waals surface area contributed by atoms with Gasteiger partial charge >= 0.3 is 0 Å². The van der Waals surface area contributed by atoms with Crippen LogP contribution in [-0.4, -0.2) is 81.8 Å². The lowest BCUT2D eigenvalue weighted by Crippen LogP contribution is -2.35. The Morgan fingerprint density at radius 3 is 2.79 bits per heavy atom. The number of fused-ring (bicyclic) bond motifs is 4. The second-order valence-corrected chi connectivity index (χ2v) is 9.86. The van der Waals surface area contributed by atoms with E-state index in [-0.39, 0.29) is 12.7 Å². The highest BCUT2D eigenvalue weighted by atomic mass is 16.5. The molecule has 1 aliphatic heterocycles. The summed E-state index contributed by atoms with van der Waals surface area (Å²) in [5.74, 6) is 1.08. The third-order valence-corrected chi connectivity index (χ3v) is 6.79. The van der Waals surface area contributed by atoms with E-state index < -0.39 is 6.10 Å². The number of rotatable bonds is 6. The largest absolute Gasteiger partial charge is 0.476 e. The van der Waals surface area contributed by atoms with Crippen LogP contribution in [0, 0.1) is 0 Å². The fourth-order valence-corrected chi connectivity index (χ4v) is 5.02. The predicted octanol–water partition coefficient (Wildman–Crippen LogP) is 2.60. The van der Waals surface area contributed by atoms with E-state index in [9.17, 15) is 10.2 Å². The van der Waals surface area contributed by atoms with Crippen molar-refractivity contribution in [3.8, 4) is 22.9 Å². The first kappa shape index (κ1) is 26.9. The number of aromatic amines is 1. The van der Waals surface area contributed by atoms with Crippen LogP contribution in [0.5, 0.6) is 11.8 Å². The lowest BCUT2D eigenvalue weighted by molar-refractivity contribution is 0.131. The van der Waals surface area contributed by atoms with Crippen molar-refractivity contribution in [1.29, 1.82) is 0 Å². The highest BCUT2D eigenvalue weighted by Gasteiger charge is 2.25. The molecule has 5 heterocycles. The van der Waals surface area contributed by atoms with Gasteiger partial charge in [-0.1, -0.05) is 6.92 Å². The van der Waals surface area contributed by atoms with Crippen LogP contribution in [-0.2, 0) is 26.7 Å². The Balaban J connectivity index is 1.72. The van der Waals surface area contributed by atoms with E-state index in [2.05, 4.69) is 32.1 Å². The third-order valence-electron chi connectivity index (χ3n) is 6.79. The molecule has 5 rings (SSSR count). The number of aromatic nitrogens is 7. The summed E-state index contributed by atoms with van der Waals surface area (Å²) < 4.78 is 15.9. The number of aliphatic hydroxyl groups excluding tert-OH is 2. The van der Waals surface area contributed by atoms with Crippen molar-refractivity contribution < 1.29 is 19.7 Å². The van der Waals surface area contributed by atoms with E-state index in [0.29, 0.717) is 54.9 Å². The van der Waals surface area contributed by atoms with Crippen LogP contribution >= 0.6 is 0 Å². The molecule has 4 aromatic heterocycles. The molecule has 0 aliphatic carbocycles. The Labute approximate surface area is 226 Å². The molecule has 208 valence electrons. The van der Waals surface area contributed by atoms with Gasteiger partial charge < -0.3 is 19.7 Å². The van der Waals surface area contributed by atoms with Gasteiger partial charge in [-0.25, -0.2) is 9.67 Å². The molecule has 12 nitrogen and oxygen atoms in total. The maximum absolute atomic E-state index is 10.2. The molecule has 0 radical (unpaired) electrons. The average molecular weight is 537 g/mol. The van der Waals surface area contributed by atoms with Gasteiger partial charge in [-0.2, -0.15) is 10.2 Å². The van der Waals surface area contributed by atoms with Crippen LogP contribution in [0.15, 0.2) is 12.3 Å². The van der Waals surface area contributed by atoms with Crippen LogP contribution in [0.2, 0.25) is 0 Å². The van der Waals surface area contributed by atoms with Gasteiger partial charge in [-0.3, -0.25) is 14.7 Å². The number of hydrogen-bond acceptors (Lipinski definition) is 9. The Morgan fingerprint density at radius 2 is 2.08 bits per heavy atom. The fourth-order valence-electron chi connectivity index (χ4n) is 5.02. The molecule has 2 bridgehead atoms. The van der Waals surface area contributed by atoms with Crippen molar-refractivity contribution in [3.63, 3.8) is 0 Å². The van der Waals surface area contributed by atoms with E-state index in [4.69, 9.17) is 14.6 Å². The van der Waals surface area contributed by atoms with Gasteiger partial charge in [0.1, 0.15) is 6.10 Å². The van der Waals surface area contributed by atoms with Crippen LogP contribution in [0.3, 0.4) is 0 Å². The molecular formula is C27H36N8O4. The number of likely N-dealkylation sites (N-methyl/N-ethyl adjacent to an activating group) is 1. The molecule has 0 aromatic carbocycles. The summed E-state index contributed by atoms with van der Waals surface area (Å²) in [4.78, 5) is 6.84. The smallest absolute Gasteiger partial charge is 0.240 e. The first-order valence-electron chi connectivity index (χ1n) is 13.3. The van der Waals surface area contributed by atoms with Gasteiger partial charge in [0, 0.05) is 37.3 Å². The minimum Gasteiger partial charge on any atom is -0.476 e. The fraction of sp³-hybridized carbons (Fsp3) is 0.481. The summed E-state index contributed by atoms with van der Waals surface area (Å²) in [5, 5.41) is 37.8. The first-order valence-corrected chi connectivity index (χ1v) is 13.3. The lowest BCUT2D eigenvalue weighted by atomic mass is 10.1. The molecule has 39 heavy (non-hydrogen) atoms. The maximum atomic E-state index is 10.2. The van der Waals surface area contributed by atoms with Crippen LogP contribution < -0.4 is 9.47 Å². The summed E-state index contributed by atoms with van der Waals surface area (Å²) in [7, 11) is 1.81. The molecule has 12 heteroatoms. The number of nitrogens with zero attached hydrogens (tertiary/aromatic N) is 7. The number of ether oxygens (including phenoxy) is 2. The van der Waals surface area contributed by atoms with Crippen molar-refractivity contribution in [2.45, 2.75) is 59.6 Å². The number of aryl methyl sites for hydroxylation is 1. The molecule has 3 N–H and O–H groups in total. The molecule has 0 fully saturated rings. The molecule has 0 unspecified atom stereocenters. The highest BCUT2D eigenvalue weighted by molar-refractivity contribution is 5.91. The molecule has 0 amide bonds. The number of pyridine rings is 1. The summed E-state index contributed by atoms with van der Waals surface area (Å²) in [6.07, 6.45) is 4.88. The van der Waals surface area contributed by atoms with Gasteiger partial charge in [-0.05, 0) is 45.5 Å². The molecule has 2 atom stereocenters. The molecule has 0 saturated heterocycles. The molecule has 4 aromatic rings. The summed E-state index contributed by atoms with van der Waals surface area (Å²) in [5.41, 5.74) is 5.13. The van der Waals surface area contributed by atoms with Crippen molar-refractivity contribution in [2.24, 2.45) is 7.05 Å². The molecule has 1 aliphatic rings. The monoisotopic (exact) mass is 536 g/mol. The second kappa shape index (κ2) is 11.2. The Morgan fingerprint density at radius 1 is 1.26 bits per heavy atom. The number of nitrogens with one attached hydrogen (secondary N) is 1. The molecule has 0 spiro atoms. The van der Waals surface area contributed by atoms with Crippen molar-refractivity contribution >= 4 is 23.2 Å². The Hall–Kier alpha value is -3.74. The predicted molar refractivity (Wildman–Crippen MR) is 147 cm³/mol. The minimum atomic E-state index is -0.577. The van der Waals surface area contributed by atoms with Gasteiger partial charge in [0.15, 0.2) is 5.65 Å². The third kappa shape index (κ3) is 5.27. The van der Waals surface area contributed by atoms with Gasteiger partial charge in [-0.15, -0.1) is 5.10 Å². The van der Waals surface area contributed by atoms with Gasteiger partial charge in [0.25, 0.3) is 0 Å². The SMILES string of the molecule is CCOc1nn(C[C@H](C)O)c2c1/C=C/c1[nH]nc3ncc(cc13)-c1c(CO)nn(C)c1O[C@@H](C)CN(CC)C2. The minimum absolute atomic E-state index is 0.199. The van der Waals surface area contributed by atoms with E-state index in [1.165, 1.54) is 0 Å². The van der Waals surface area contributed by atoms with Crippen LogP contribution in [0.25, 0.3) is 34.3 Å². The lowest BCUT2D eigenvalue weighted by Gasteiger charge is -2.26. The summed E-state index contributed by atoms with van der Waals surface area (Å²) >= 11 is 0. The zero-order valence-electron chi connectivity index (χ0n) is 23.0. The standard InChI is InChI=1S/C27H36N8O4/c1-6-34-13-17(4)39-27-24(22(15-36)31-33(27)5)18-10-20-21(29-30-25(20)28-11-18)9-8-19-23(14-34)35(12-16(3)37)32-26(19)38-7-2/h8-11,16-17,36-37H,6-7,12-15H2,1-5H3,(H,28,29,30)/b9-8+/t16-,17-/m0/s1. The van der Waals surface area contributed by atoms with Crippen molar-refractivity contribution in [1.82, 2.24) is 39.6 Å². The average Bonchev–Trinajstić information content (AvgIpc) is 3.55. The van der Waals surface area contributed by atoms with E-state index in [0.717, 1.165) is 34.4 Å². The summed E-state index contributed by atoms with van der Waals surface area (Å²) in [6, 6.07) is 1.98. The number of hydrogen-bond donors (Lipinski definition) is 3. The number of aliphatic hydroxyl groups is 2. The van der Waals surface area contributed by atoms with E-state index in [1.807, 2.05) is 43.8 Å². The van der Waals surface area contributed by atoms with E-state index in [1.54, 1.807) is 17.8 Å². The van der Waals surface area contributed by atoms with Crippen LogP contribution in [0.4, 0.5) is 0 Å². The Bertz CT molecular complexity index is 1480. The van der Waals surface area contributed by atoms with E-state index >= 15 is 0 Å². The van der Waals surface area contributed by atoms with Crippen LogP contribution in [0.1, 0.15) is 50.3 Å². The summed E-state index contributed by atoms with van der Waals surface area (Å²) in [6.45, 7) is 10.4. The van der Waals surface area contributed by atoms with Gasteiger partial charge in [0.2, 0.25) is 11.8 Å². The highest BCUT2D eigenvalue weighted by Crippen LogP contribution is 2.36. The normalized spacial score (nSPS) is 17.8. The van der Waals surface area contributed by atoms with Gasteiger partial charge in [0.05, 0.1) is 54.1 Å². The molecule has 0 saturated carbocycles. The zero-order valence-corrected chi connectivity index (χ0v) is 23.0. The second-order valence-electron chi connectivity index (χ2n) is 9.86. The van der Waals surface area contributed by atoms with Crippen molar-refractivity contribution in [3.05, 3.63) is 34.9 Å². The maximum Gasteiger partial charge on any atom is 0.240 e.